The standard InChI is InChI=1S/C20H18N4O2/c1-14-7-6-10-16(11-14)26-13-18(25)17(12-21)20-23-22-19(24(20)2)15-8-4-3-5-9-15/h3-11,17H,13H2,1-2H3/t17-/m0/s1. The third kappa shape index (κ3) is 3.62. The molecule has 3 rings (SSSR count). The fourth-order valence-electron chi connectivity index (χ4n) is 2.65. The maximum atomic E-state index is 12.5. The van der Waals surface area contributed by atoms with Gasteiger partial charge in [0.1, 0.15) is 12.4 Å². The molecule has 0 radical (unpaired) electrons. The van der Waals surface area contributed by atoms with Gasteiger partial charge in [0.05, 0.1) is 6.07 Å². The Bertz CT molecular complexity index is 957. The molecular formula is C20H18N4O2. The summed E-state index contributed by atoms with van der Waals surface area (Å²) in [5.41, 5.74) is 1.90. The molecule has 0 bridgehead atoms. The summed E-state index contributed by atoms with van der Waals surface area (Å²) in [4.78, 5) is 12.5. The van der Waals surface area contributed by atoms with Crippen LogP contribution in [0.15, 0.2) is 54.6 Å². The van der Waals surface area contributed by atoms with Crippen molar-refractivity contribution in [2.24, 2.45) is 7.05 Å². The maximum Gasteiger partial charge on any atom is 0.195 e. The van der Waals surface area contributed by atoms with Gasteiger partial charge in [-0.3, -0.25) is 4.79 Å². The Morgan fingerprint density at radius 3 is 2.65 bits per heavy atom. The van der Waals surface area contributed by atoms with E-state index < -0.39 is 5.92 Å². The van der Waals surface area contributed by atoms with Crippen LogP contribution in [0.3, 0.4) is 0 Å². The fourth-order valence-corrected chi connectivity index (χ4v) is 2.65. The molecular weight excluding hydrogens is 328 g/mol. The molecule has 1 atom stereocenters. The summed E-state index contributed by atoms with van der Waals surface area (Å²) >= 11 is 0. The average molecular weight is 346 g/mol. The first kappa shape index (κ1) is 17.4. The van der Waals surface area contributed by atoms with Crippen LogP contribution in [0.2, 0.25) is 0 Å². The highest BCUT2D eigenvalue weighted by Crippen LogP contribution is 2.22. The van der Waals surface area contributed by atoms with Gasteiger partial charge in [0, 0.05) is 12.6 Å². The molecule has 3 aromatic rings. The van der Waals surface area contributed by atoms with Crippen molar-refractivity contribution >= 4 is 5.78 Å². The average Bonchev–Trinajstić information content (AvgIpc) is 3.03. The first-order chi connectivity index (χ1) is 12.6. The first-order valence-electron chi connectivity index (χ1n) is 8.16. The van der Waals surface area contributed by atoms with Gasteiger partial charge in [-0.05, 0) is 24.6 Å². The number of hydrogen-bond donors (Lipinski definition) is 0. The van der Waals surface area contributed by atoms with E-state index in [2.05, 4.69) is 10.2 Å². The second kappa shape index (κ2) is 7.62. The summed E-state index contributed by atoms with van der Waals surface area (Å²) in [5.74, 6) is 0.120. The number of benzene rings is 2. The van der Waals surface area contributed by atoms with Crippen LogP contribution in [0, 0.1) is 18.3 Å². The second-order valence-electron chi connectivity index (χ2n) is 5.94. The molecule has 0 spiro atoms. The number of nitrogens with zero attached hydrogens (tertiary/aromatic N) is 4. The quantitative estimate of drug-likeness (QED) is 0.685. The number of ether oxygens (including phenoxy) is 1. The molecule has 26 heavy (non-hydrogen) atoms. The molecule has 0 aliphatic rings. The number of rotatable bonds is 6. The third-order valence-corrected chi connectivity index (χ3v) is 4.02. The Labute approximate surface area is 151 Å². The highest BCUT2D eigenvalue weighted by molar-refractivity contribution is 5.89. The largest absolute Gasteiger partial charge is 0.486 e. The van der Waals surface area contributed by atoms with Crippen LogP contribution in [0.5, 0.6) is 5.75 Å². The molecule has 0 aliphatic carbocycles. The van der Waals surface area contributed by atoms with Crippen molar-refractivity contribution in [3.63, 3.8) is 0 Å². The summed E-state index contributed by atoms with van der Waals surface area (Å²) in [6.45, 7) is 1.74. The van der Waals surface area contributed by atoms with Crippen LogP contribution in [0.1, 0.15) is 17.3 Å². The van der Waals surface area contributed by atoms with Crippen molar-refractivity contribution < 1.29 is 9.53 Å². The number of hydrogen-bond acceptors (Lipinski definition) is 5. The predicted octanol–water partition coefficient (Wildman–Crippen LogP) is 3.05. The zero-order valence-corrected chi connectivity index (χ0v) is 14.6. The van der Waals surface area contributed by atoms with Gasteiger partial charge in [0.2, 0.25) is 0 Å². The number of nitriles is 1. The van der Waals surface area contributed by atoms with Crippen molar-refractivity contribution in [3.8, 4) is 23.2 Å². The van der Waals surface area contributed by atoms with Crippen LogP contribution in [-0.2, 0) is 11.8 Å². The van der Waals surface area contributed by atoms with Gasteiger partial charge in [-0.25, -0.2) is 0 Å². The lowest BCUT2D eigenvalue weighted by atomic mass is 10.1. The van der Waals surface area contributed by atoms with Crippen molar-refractivity contribution in [2.75, 3.05) is 6.61 Å². The maximum absolute atomic E-state index is 12.5. The number of carbonyl (C=O) groups excluding carboxylic acids is 1. The summed E-state index contributed by atoms with van der Waals surface area (Å²) in [6.07, 6.45) is 0. The minimum absolute atomic E-state index is 0.199. The summed E-state index contributed by atoms with van der Waals surface area (Å²) in [5, 5.41) is 17.7. The lowest BCUT2D eigenvalue weighted by molar-refractivity contribution is -0.121. The van der Waals surface area contributed by atoms with Crippen LogP contribution in [-0.4, -0.2) is 27.2 Å². The van der Waals surface area contributed by atoms with Gasteiger partial charge in [-0.2, -0.15) is 5.26 Å². The Kier molecular flexibility index (Phi) is 5.09. The Morgan fingerprint density at radius 1 is 1.19 bits per heavy atom. The van der Waals surface area contributed by atoms with Gasteiger partial charge in [-0.15, -0.1) is 10.2 Å². The summed E-state index contributed by atoms with van der Waals surface area (Å²) < 4.78 is 7.20. The van der Waals surface area contributed by atoms with E-state index in [1.165, 1.54) is 0 Å². The molecule has 1 aromatic heterocycles. The predicted molar refractivity (Wildman–Crippen MR) is 96.5 cm³/mol. The zero-order chi connectivity index (χ0) is 18.5. The molecule has 0 N–H and O–H groups in total. The van der Waals surface area contributed by atoms with E-state index in [1.54, 1.807) is 17.7 Å². The molecule has 0 saturated heterocycles. The van der Waals surface area contributed by atoms with E-state index in [9.17, 15) is 10.1 Å². The number of carbonyl (C=O) groups is 1. The van der Waals surface area contributed by atoms with E-state index >= 15 is 0 Å². The first-order valence-corrected chi connectivity index (χ1v) is 8.16. The molecule has 0 fully saturated rings. The molecule has 0 aliphatic heterocycles. The highest BCUT2D eigenvalue weighted by Gasteiger charge is 2.27. The van der Waals surface area contributed by atoms with Crippen molar-refractivity contribution in [2.45, 2.75) is 12.8 Å². The third-order valence-electron chi connectivity index (χ3n) is 4.02. The topological polar surface area (TPSA) is 80.8 Å². The SMILES string of the molecule is Cc1cccc(OCC(=O)[C@H](C#N)c2nnc(-c3ccccc3)n2C)c1. The van der Waals surface area contributed by atoms with E-state index in [-0.39, 0.29) is 12.4 Å². The van der Waals surface area contributed by atoms with E-state index in [0.717, 1.165) is 11.1 Å². The lowest BCUT2D eigenvalue weighted by Gasteiger charge is -2.10. The Hall–Kier alpha value is -3.46. The molecule has 6 heteroatoms. The smallest absolute Gasteiger partial charge is 0.195 e. The van der Waals surface area contributed by atoms with E-state index in [1.807, 2.05) is 61.5 Å². The van der Waals surface area contributed by atoms with Crippen molar-refractivity contribution in [3.05, 3.63) is 66.0 Å². The zero-order valence-electron chi connectivity index (χ0n) is 14.6. The Morgan fingerprint density at radius 2 is 1.96 bits per heavy atom. The molecule has 6 nitrogen and oxygen atoms in total. The second-order valence-corrected chi connectivity index (χ2v) is 5.94. The highest BCUT2D eigenvalue weighted by atomic mass is 16.5. The monoisotopic (exact) mass is 346 g/mol. The molecule has 0 unspecified atom stereocenters. The summed E-state index contributed by atoms with van der Waals surface area (Å²) in [6, 6.07) is 18.9. The van der Waals surface area contributed by atoms with Crippen LogP contribution in [0.4, 0.5) is 0 Å². The van der Waals surface area contributed by atoms with Gasteiger partial charge in [-0.1, -0.05) is 42.5 Å². The van der Waals surface area contributed by atoms with Crippen molar-refractivity contribution in [1.82, 2.24) is 14.8 Å². The molecule has 130 valence electrons. The number of aromatic nitrogens is 3. The molecule has 0 amide bonds. The van der Waals surface area contributed by atoms with Gasteiger partial charge in [0.25, 0.3) is 0 Å². The van der Waals surface area contributed by atoms with E-state index in [0.29, 0.717) is 17.4 Å². The van der Waals surface area contributed by atoms with Crippen LogP contribution >= 0.6 is 0 Å². The number of aryl methyl sites for hydroxylation is 1. The lowest BCUT2D eigenvalue weighted by Crippen LogP contribution is -2.21. The van der Waals surface area contributed by atoms with Gasteiger partial charge in [0.15, 0.2) is 23.3 Å². The normalized spacial score (nSPS) is 11.6. The molecule has 0 saturated carbocycles. The molecule has 1 heterocycles. The Balaban J connectivity index is 1.78. The van der Waals surface area contributed by atoms with Crippen LogP contribution < -0.4 is 4.74 Å². The minimum Gasteiger partial charge on any atom is -0.486 e. The number of ketones is 1. The summed E-state index contributed by atoms with van der Waals surface area (Å²) in [7, 11) is 1.75. The molecule has 2 aromatic carbocycles. The number of Topliss-reactive ketones (excluding diaryl/α,β-unsaturated/α-hetero) is 1. The van der Waals surface area contributed by atoms with E-state index in [4.69, 9.17) is 4.74 Å². The minimum atomic E-state index is -1.03. The fraction of sp³-hybridized carbons (Fsp3) is 0.200. The van der Waals surface area contributed by atoms with Crippen molar-refractivity contribution in [1.29, 1.82) is 5.26 Å². The van der Waals surface area contributed by atoms with Gasteiger partial charge < -0.3 is 9.30 Å². The van der Waals surface area contributed by atoms with Crippen LogP contribution in [0.25, 0.3) is 11.4 Å². The van der Waals surface area contributed by atoms with Gasteiger partial charge >= 0.3 is 0 Å².